The van der Waals surface area contributed by atoms with Crippen LogP contribution in [0.5, 0.6) is 0 Å². The van der Waals surface area contributed by atoms with Crippen LogP contribution < -0.4 is 0 Å². The van der Waals surface area contributed by atoms with Gasteiger partial charge in [0.05, 0.1) is 0 Å². The fraction of sp³-hybridized carbons (Fsp3) is 0.429. The minimum absolute atomic E-state index is 0. The van der Waals surface area contributed by atoms with Crippen LogP contribution in [0.2, 0.25) is 0 Å². The van der Waals surface area contributed by atoms with Gasteiger partial charge in [0.25, 0.3) is 0 Å². The van der Waals surface area contributed by atoms with Crippen molar-refractivity contribution in [2.75, 3.05) is 20.6 Å². The zero-order chi connectivity index (χ0) is 11.1. The molecule has 0 bridgehead atoms. The average Bonchev–Trinajstić information content (AvgIpc) is 2.25. The molecule has 1 radical (unpaired) electrons. The van der Waals surface area contributed by atoms with Crippen LogP contribution in [-0.2, 0) is 17.1 Å². The summed E-state index contributed by atoms with van der Waals surface area (Å²) >= 11 is 0. The van der Waals surface area contributed by atoms with Crippen LogP contribution in [0, 0.1) is 13.3 Å². The van der Waals surface area contributed by atoms with E-state index in [1.807, 2.05) is 6.07 Å². The maximum absolute atomic E-state index is 4.18. The molecule has 0 fully saturated rings. The van der Waals surface area contributed by atoms with Crippen LogP contribution in [0.4, 0.5) is 0 Å². The molecule has 0 spiro atoms. The standard InChI is InChI=1S/C14H21N.Mn/c1-13(9-7-8-12-15(2)3)14-10-5-4-6-11-14;/h4-7,10-11,13H,1,8-9,12H2,2-3H3;/q-2;+2/t13-;/m0./s1. The molecule has 0 N–H and O–H groups in total. The zero-order valence-electron chi connectivity index (χ0n) is 10.2. The molecular formula is C14H21MnN. The molecule has 0 aliphatic heterocycles. The summed E-state index contributed by atoms with van der Waals surface area (Å²) in [6.45, 7) is 5.31. The molecule has 0 unspecified atom stereocenters. The Kier molecular flexibility index (Phi) is 8.64. The van der Waals surface area contributed by atoms with E-state index in [4.69, 9.17) is 0 Å². The van der Waals surface area contributed by atoms with Crippen molar-refractivity contribution in [1.29, 1.82) is 0 Å². The third kappa shape index (κ3) is 6.32. The van der Waals surface area contributed by atoms with Crippen LogP contribution in [0.25, 0.3) is 0 Å². The molecule has 0 aliphatic carbocycles. The largest absolute Gasteiger partial charge is 2.00 e. The fourth-order valence-electron chi connectivity index (χ4n) is 1.53. The van der Waals surface area contributed by atoms with E-state index in [0.29, 0.717) is 5.92 Å². The molecule has 1 nitrogen and oxygen atoms in total. The van der Waals surface area contributed by atoms with Crippen molar-refractivity contribution in [3.8, 4) is 0 Å². The van der Waals surface area contributed by atoms with Gasteiger partial charge >= 0.3 is 17.1 Å². The van der Waals surface area contributed by atoms with Gasteiger partial charge in [-0.15, -0.1) is 0 Å². The van der Waals surface area contributed by atoms with Crippen LogP contribution >= 0.6 is 0 Å². The van der Waals surface area contributed by atoms with Crippen molar-refractivity contribution >= 4 is 0 Å². The molecule has 0 amide bonds. The van der Waals surface area contributed by atoms with Crippen LogP contribution in [0.1, 0.15) is 24.3 Å². The van der Waals surface area contributed by atoms with E-state index in [0.717, 1.165) is 19.4 Å². The number of rotatable bonds is 6. The molecule has 1 rings (SSSR count). The molecule has 1 aromatic rings. The molecule has 0 saturated heterocycles. The summed E-state index contributed by atoms with van der Waals surface area (Å²) in [6, 6.07) is 10.5. The number of hydrogen-bond acceptors (Lipinski definition) is 1. The van der Waals surface area contributed by atoms with Crippen molar-refractivity contribution in [3.63, 3.8) is 0 Å². The third-order valence-electron chi connectivity index (χ3n) is 2.50. The van der Waals surface area contributed by atoms with Crippen molar-refractivity contribution < 1.29 is 17.1 Å². The fourth-order valence-corrected chi connectivity index (χ4v) is 1.53. The van der Waals surface area contributed by atoms with Gasteiger partial charge in [0.2, 0.25) is 0 Å². The van der Waals surface area contributed by atoms with E-state index in [9.17, 15) is 0 Å². The Balaban J connectivity index is 0.00000225. The van der Waals surface area contributed by atoms with Gasteiger partial charge in [0.15, 0.2) is 0 Å². The van der Waals surface area contributed by atoms with E-state index in [-0.39, 0.29) is 17.1 Å². The van der Waals surface area contributed by atoms with Crippen LogP contribution in [0.3, 0.4) is 0 Å². The van der Waals surface area contributed by atoms with Crippen molar-refractivity contribution in [2.45, 2.75) is 18.8 Å². The summed E-state index contributed by atoms with van der Waals surface area (Å²) in [7, 11) is 4.21. The van der Waals surface area contributed by atoms with E-state index < -0.39 is 0 Å². The van der Waals surface area contributed by atoms with Gasteiger partial charge in [-0.1, -0.05) is 35.9 Å². The number of nitrogens with zero attached hydrogens (tertiary/aromatic N) is 1. The second-order valence-corrected chi connectivity index (χ2v) is 4.22. The van der Waals surface area contributed by atoms with Gasteiger partial charge in [-0.05, 0) is 20.6 Å². The second kappa shape index (κ2) is 8.81. The Labute approximate surface area is 111 Å². The monoisotopic (exact) mass is 258 g/mol. The summed E-state index contributed by atoms with van der Waals surface area (Å²) in [5, 5.41) is 0. The summed E-state index contributed by atoms with van der Waals surface area (Å²) in [5.74, 6) is 0.397. The summed E-state index contributed by atoms with van der Waals surface area (Å²) in [6.07, 6.45) is 4.55. The zero-order valence-corrected chi connectivity index (χ0v) is 11.4. The summed E-state index contributed by atoms with van der Waals surface area (Å²) in [4.78, 5) is 2.21. The molecule has 16 heavy (non-hydrogen) atoms. The predicted octanol–water partition coefficient (Wildman–Crippen LogP) is 3.15. The average molecular weight is 258 g/mol. The smallest absolute Gasteiger partial charge is 0.338 e. The number of unbranched alkanes of at least 4 members (excludes halogenated alkanes) is 1. The van der Waals surface area contributed by atoms with Crippen molar-refractivity contribution in [3.05, 3.63) is 49.2 Å². The Hall–Kier alpha value is -0.301. The molecular weight excluding hydrogens is 237 g/mol. The second-order valence-electron chi connectivity index (χ2n) is 4.22. The maximum Gasteiger partial charge on any atom is 2.00 e. The minimum Gasteiger partial charge on any atom is -0.338 e. The van der Waals surface area contributed by atoms with Crippen LogP contribution in [-0.4, -0.2) is 25.5 Å². The Bertz CT molecular complexity index is 259. The molecule has 2 heteroatoms. The van der Waals surface area contributed by atoms with E-state index in [1.165, 1.54) is 5.56 Å². The number of benzene rings is 1. The normalized spacial score (nSPS) is 12.2. The molecule has 0 heterocycles. The minimum atomic E-state index is 0. The van der Waals surface area contributed by atoms with Gasteiger partial charge in [0, 0.05) is 0 Å². The maximum atomic E-state index is 4.18. The molecule has 1 atom stereocenters. The van der Waals surface area contributed by atoms with Gasteiger partial charge in [-0.25, -0.2) is 6.42 Å². The summed E-state index contributed by atoms with van der Waals surface area (Å²) < 4.78 is 0. The van der Waals surface area contributed by atoms with Gasteiger partial charge in [0.1, 0.15) is 0 Å². The summed E-state index contributed by atoms with van der Waals surface area (Å²) in [5.41, 5.74) is 1.33. The van der Waals surface area contributed by atoms with Gasteiger partial charge < -0.3 is 18.2 Å². The SMILES string of the molecule is [CH2-][C@@H](C[CH-]CCN(C)C)c1ccccc1.[Mn+2]. The quantitative estimate of drug-likeness (QED) is 0.430. The van der Waals surface area contributed by atoms with E-state index in [1.54, 1.807) is 0 Å². The molecule has 0 aromatic heterocycles. The first-order valence-corrected chi connectivity index (χ1v) is 5.54. The van der Waals surface area contributed by atoms with Crippen molar-refractivity contribution in [2.24, 2.45) is 0 Å². The van der Waals surface area contributed by atoms with Gasteiger partial charge in [-0.3, -0.25) is 0 Å². The third-order valence-corrected chi connectivity index (χ3v) is 2.50. The number of hydrogen-bond donors (Lipinski definition) is 0. The van der Waals surface area contributed by atoms with Crippen LogP contribution in [0.15, 0.2) is 30.3 Å². The molecule has 89 valence electrons. The molecule has 0 saturated carbocycles. The Morgan fingerprint density at radius 1 is 1.25 bits per heavy atom. The first kappa shape index (κ1) is 15.7. The first-order chi connectivity index (χ1) is 7.20. The first-order valence-electron chi connectivity index (χ1n) is 5.54. The Morgan fingerprint density at radius 2 is 1.88 bits per heavy atom. The molecule has 0 aliphatic rings. The Morgan fingerprint density at radius 3 is 2.44 bits per heavy atom. The topological polar surface area (TPSA) is 3.24 Å². The van der Waals surface area contributed by atoms with E-state index in [2.05, 4.69) is 56.6 Å². The van der Waals surface area contributed by atoms with Crippen molar-refractivity contribution in [1.82, 2.24) is 4.90 Å². The predicted molar refractivity (Wildman–Crippen MR) is 66.6 cm³/mol. The van der Waals surface area contributed by atoms with E-state index >= 15 is 0 Å². The van der Waals surface area contributed by atoms with Gasteiger partial charge in [-0.2, -0.15) is 12.3 Å². The molecule has 1 aromatic carbocycles.